The van der Waals surface area contributed by atoms with E-state index in [4.69, 9.17) is 0 Å². The molecule has 9 heteroatoms. The molecular weight excluding hydrogens is 300 g/mol. The van der Waals surface area contributed by atoms with E-state index in [2.05, 4.69) is 0 Å². The third-order valence-corrected chi connectivity index (χ3v) is 5.69. The standard InChI is InChI=1S/C12H16N2O6S/c1-8-4-5-13(11(8)7-15)21(19,20)9-2-3-12(16)10(6-9)14(17)18/h2-3,6,8,11,15-16H,4-5,7H2,1H3. The summed E-state index contributed by atoms with van der Waals surface area (Å²) in [5.41, 5.74) is -0.663. The van der Waals surface area contributed by atoms with Crippen LogP contribution >= 0.6 is 0 Å². The predicted molar refractivity (Wildman–Crippen MR) is 73.3 cm³/mol. The minimum absolute atomic E-state index is 0.0110. The van der Waals surface area contributed by atoms with Gasteiger partial charge in [0.1, 0.15) is 0 Å². The molecule has 1 aromatic rings. The van der Waals surface area contributed by atoms with Crippen LogP contribution in [-0.2, 0) is 10.0 Å². The number of rotatable bonds is 4. The number of aliphatic hydroxyl groups is 1. The Bertz CT molecular complexity index is 660. The van der Waals surface area contributed by atoms with Crippen LogP contribution in [0.1, 0.15) is 13.3 Å². The van der Waals surface area contributed by atoms with Gasteiger partial charge in [-0.1, -0.05) is 6.92 Å². The van der Waals surface area contributed by atoms with Crippen LogP contribution in [0.5, 0.6) is 5.75 Å². The second kappa shape index (κ2) is 5.58. The highest BCUT2D eigenvalue weighted by atomic mass is 32.2. The molecule has 1 aliphatic heterocycles. The first-order chi connectivity index (χ1) is 9.78. The van der Waals surface area contributed by atoms with Gasteiger partial charge in [0.2, 0.25) is 10.0 Å². The lowest BCUT2D eigenvalue weighted by molar-refractivity contribution is -0.386. The zero-order chi connectivity index (χ0) is 15.8. The molecule has 1 aromatic carbocycles. The van der Waals surface area contributed by atoms with Crippen molar-refractivity contribution in [1.82, 2.24) is 4.31 Å². The Morgan fingerprint density at radius 2 is 2.14 bits per heavy atom. The van der Waals surface area contributed by atoms with Crippen molar-refractivity contribution in [3.63, 3.8) is 0 Å². The summed E-state index contributed by atoms with van der Waals surface area (Å²) in [5.74, 6) is -0.579. The number of hydrogen-bond acceptors (Lipinski definition) is 6. The Morgan fingerprint density at radius 1 is 1.48 bits per heavy atom. The number of benzene rings is 1. The van der Waals surface area contributed by atoms with Crippen molar-refractivity contribution >= 4 is 15.7 Å². The van der Waals surface area contributed by atoms with E-state index in [1.165, 1.54) is 0 Å². The van der Waals surface area contributed by atoms with Crippen molar-refractivity contribution in [2.24, 2.45) is 5.92 Å². The fourth-order valence-corrected chi connectivity index (χ4v) is 4.24. The van der Waals surface area contributed by atoms with Crippen molar-refractivity contribution in [2.75, 3.05) is 13.2 Å². The summed E-state index contributed by atoms with van der Waals surface area (Å²) in [7, 11) is -3.95. The van der Waals surface area contributed by atoms with Crippen LogP contribution in [0.25, 0.3) is 0 Å². The molecule has 0 saturated carbocycles. The van der Waals surface area contributed by atoms with Gasteiger partial charge in [-0.3, -0.25) is 10.1 Å². The molecular formula is C12H16N2O6S. The molecule has 0 spiro atoms. The van der Waals surface area contributed by atoms with E-state index in [0.29, 0.717) is 6.42 Å². The molecule has 8 nitrogen and oxygen atoms in total. The SMILES string of the molecule is CC1CCN(S(=O)(=O)c2ccc(O)c([N+](=O)[O-])c2)C1CO. The maximum atomic E-state index is 12.5. The summed E-state index contributed by atoms with van der Waals surface area (Å²) in [4.78, 5) is 9.68. The lowest BCUT2D eigenvalue weighted by Crippen LogP contribution is -2.39. The van der Waals surface area contributed by atoms with Crippen molar-refractivity contribution in [3.05, 3.63) is 28.3 Å². The maximum Gasteiger partial charge on any atom is 0.312 e. The molecule has 1 heterocycles. The first kappa shape index (κ1) is 15.7. The number of nitrogens with zero attached hydrogens (tertiary/aromatic N) is 2. The van der Waals surface area contributed by atoms with Gasteiger partial charge in [0.25, 0.3) is 0 Å². The smallest absolute Gasteiger partial charge is 0.312 e. The summed E-state index contributed by atoms with van der Waals surface area (Å²) in [5, 5.41) is 29.5. The van der Waals surface area contributed by atoms with Crippen LogP contribution in [0, 0.1) is 16.0 Å². The molecule has 0 aromatic heterocycles. The fourth-order valence-electron chi connectivity index (χ4n) is 2.49. The van der Waals surface area contributed by atoms with Crippen LogP contribution in [0.4, 0.5) is 5.69 Å². The van der Waals surface area contributed by atoms with Crippen LogP contribution in [0.2, 0.25) is 0 Å². The molecule has 0 aliphatic carbocycles. The van der Waals surface area contributed by atoms with Gasteiger partial charge in [0, 0.05) is 12.6 Å². The monoisotopic (exact) mass is 316 g/mol. The van der Waals surface area contributed by atoms with Gasteiger partial charge in [0.05, 0.1) is 22.5 Å². The average molecular weight is 316 g/mol. The number of phenolic OH excluding ortho intramolecular Hbond substituents is 1. The second-order valence-electron chi connectivity index (χ2n) is 5.04. The van der Waals surface area contributed by atoms with Crippen molar-refractivity contribution in [2.45, 2.75) is 24.3 Å². The molecule has 1 fully saturated rings. The normalized spacial score (nSPS) is 23.3. The first-order valence-corrected chi connectivity index (χ1v) is 7.83. The first-order valence-electron chi connectivity index (χ1n) is 6.39. The van der Waals surface area contributed by atoms with Crippen LogP contribution in [-0.4, -0.2) is 47.1 Å². The van der Waals surface area contributed by atoms with Crippen LogP contribution < -0.4 is 0 Å². The number of aromatic hydroxyl groups is 1. The van der Waals surface area contributed by atoms with Gasteiger partial charge >= 0.3 is 5.69 Å². The molecule has 1 saturated heterocycles. The molecule has 2 rings (SSSR count). The molecule has 0 radical (unpaired) electrons. The van der Waals surface area contributed by atoms with Gasteiger partial charge < -0.3 is 10.2 Å². The number of phenols is 1. The Kier molecular flexibility index (Phi) is 4.17. The van der Waals surface area contributed by atoms with E-state index < -0.39 is 32.4 Å². The molecule has 0 amide bonds. The molecule has 2 N–H and O–H groups in total. The van der Waals surface area contributed by atoms with Crippen molar-refractivity contribution < 1.29 is 23.6 Å². The van der Waals surface area contributed by atoms with Gasteiger partial charge in [-0.2, -0.15) is 4.31 Å². The molecule has 2 unspecified atom stereocenters. The minimum atomic E-state index is -3.95. The van der Waals surface area contributed by atoms with Crippen molar-refractivity contribution in [3.8, 4) is 5.75 Å². The van der Waals surface area contributed by atoms with Gasteiger partial charge in [-0.05, 0) is 24.5 Å². The fraction of sp³-hybridized carbons (Fsp3) is 0.500. The number of nitro benzene ring substituents is 1. The van der Waals surface area contributed by atoms with Gasteiger partial charge in [-0.15, -0.1) is 0 Å². The third-order valence-electron chi connectivity index (χ3n) is 3.77. The second-order valence-corrected chi connectivity index (χ2v) is 6.93. The van der Waals surface area contributed by atoms with E-state index >= 15 is 0 Å². The average Bonchev–Trinajstić information content (AvgIpc) is 2.80. The quantitative estimate of drug-likeness (QED) is 0.622. The maximum absolute atomic E-state index is 12.5. The summed E-state index contributed by atoms with van der Waals surface area (Å²) >= 11 is 0. The molecule has 116 valence electrons. The minimum Gasteiger partial charge on any atom is -0.502 e. The van der Waals surface area contributed by atoms with Gasteiger partial charge in [-0.25, -0.2) is 8.42 Å². The summed E-state index contributed by atoms with van der Waals surface area (Å²) in [6.07, 6.45) is 0.616. The van der Waals surface area contributed by atoms with E-state index in [1.807, 2.05) is 6.92 Å². The zero-order valence-corrected chi connectivity index (χ0v) is 12.2. The summed E-state index contributed by atoms with van der Waals surface area (Å²) < 4.78 is 26.3. The van der Waals surface area contributed by atoms with Crippen LogP contribution in [0.15, 0.2) is 23.1 Å². The van der Waals surface area contributed by atoms with Crippen LogP contribution in [0.3, 0.4) is 0 Å². The zero-order valence-electron chi connectivity index (χ0n) is 11.3. The highest BCUT2D eigenvalue weighted by Crippen LogP contribution is 2.33. The van der Waals surface area contributed by atoms with E-state index in [9.17, 15) is 28.7 Å². The molecule has 0 bridgehead atoms. The highest BCUT2D eigenvalue weighted by Gasteiger charge is 2.39. The molecule has 21 heavy (non-hydrogen) atoms. The number of sulfonamides is 1. The van der Waals surface area contributed by atoms with Crippen molar-refractivity contribution in [1.29, 1.82) is 0 Å². The van der Waals surface area contributed by atoms with Gasteiger partial charge in [0.15, 0.2) is 5.75 Å². The largest absolute Gasteiger partial charge is 0.502 e. The number of hydrogen-bond donors (Lipinski definition) is 2. The molecule has 1 aliphatic rings. The third kappa shape index (κ3) is 2.71. The lowest BCUT2D eigenvalue weighted by atomic mass is 10.0. The Labute approximate surface area is 121 Å². The van der Waals surface area contributed by atoms with E-state index in [-0.39, 0.29) is 24.0 Å². The Hall–Kier alpha value is -1.71. The molecule has 2 atom stereocenters. The lowest BCUT2D eigenvalue weighted by Gasteiger charge is -2.24. The van der Waals surface area contributed by atoms with E-state index in [1.54, 1.807) is 0 Å². The predicted octanol–water partition coefficient (Wildman–Crippen LogP) is 0.692. The number of aliphatic hydroxyl groups excluding tert-OH is 1. The Balaban J connectivity index is 2.45. The topological polar surface area (TPSA) is 121 Å². The van der Waals surface area contributed by atoms with E-state index in [0.717, 1.165) is 22.5 Å². The summed E-state index contributed by atoms with van der Waals surface area (Å²) in [6, 6.07) is 2.40. The Morgan fingerprint density at radius 3 is 2.71 bits per heavy atom. The number of nitro groups is 1. The summed E-state index contributed by atoms with van der Waals surface area (Å²) in [6.45, 7) is 1.79. The highest BCUT2D eigenvalue weighted by molar-refractivity contribution is 7.89.